The van der Waals surface area contributed by atoms with Gasteiger partial charge in [0.1, 0.15) is 12.1 Å². The van der Waals surface area contributed by atoms with Crippen molar-refractivity contribution in [3.05, 3.63) is 47.0 Å². The van der Waals surface area contributed by atoms with Crippen LogP contribution in [0.4, 0.5) is 5.82 Å². The van der Waals surface area contributed by atoms with Gasteiger partial charge in [-0.3, -0.25) is 9.36 Å². The molecule has 1 aliphatic heterocycles. The molecule has 3 heterocycles. The number of anilines is 1. The molecule has 23 heavy (non-hydrogen) atoms. The molecule has 0 spiro atoms. The summed E-state index contributed by atoms with van der Waals surface area (Å²) >= 11 is 0. The van der Waals surface area contributed by atoms with Crippen LogP contribution < -0.4 is 10.5 Å². The monoisotopic (exact) mass is 311 g/mol. The van der Waals surface area contributed by atoms with E-state index in [2.05, 4.69) is 19.9 Å². The topological polar surface area (TPSA) is 63.9 Å². The maximum Gasteiger partial charge on any atom is 0.253 e. The Morgan fingerprint density at radius 3 is 2.61 bits per heavy atom. The number of hydrogen-bond acceptors (Lipinski definition) is 5. The van der Waals surface area contributed by atoms with Crippen molar-refractivity contribution in [2.45, 2.75) is 38.1 Å². The van der Waals surface area contributed by atoms with Crippen LogP contribution in [0.25, 0.3) is 0 Å². The van der Waals surface area contributed by atoms with Crippen LogP contribution in [0.1, 0.15) is 37.3 Å². The fraction of sp³-hybridized carbons (Fsp3) is 0.529. The maximum atomic E-state index is 12.2. The van der Waals surface area contributed by atoms with Crippen LogP contribution in [-0.4, -0.2) is 32.6 Å². The minimum absolute atomic E-state index is 0.0973. The van der Waals surface area contributed by atoms with Crippen molar-refractivity contribution in [3.63, 3.8) is 0 Å². The molecule has 1 saturated heterocycles. The van der Waals surface area contributed by atoms with Gasteiger partial charge in [0.15, 0.2) is 0 Å². The van der Waals surface area contributed by atoms with E-state index in [-0.39, 0.29) is 5.56 Å². The first kappa shape index (κ1) is 14.4. The Bertz CT molecular complexity index is 717. The summed E-state index contributed by atoms with van der Waals surface area (Å²) in [5, 5.41) is 0. The molecule has 0 N–H and O–H groups in total. The van der Waals surface area contributed by atoms with Crippen LogP contribution in [0.2, 0.25) is 0 Å². The molecular formula is C17H21N5O. The summed E-state index contributed by atoms with van der Waals surface area (Å²) in [6.45, 7) is 2.72. The highest BCUT2D eigenvalue weighted by Gasteiger charge is 2.26. The lowest BCUT2D eigenvalue weighted by molar-refractivity contribution is 0.350. The van der Waals surface area contributed by atoms with E-state index in [4.69, 9.17) is 0 Å². The highest BCUT2D eigenvalue weighted by molar-refractivity contribution is 5.36. The van der Waals surface area contributed by atoms with Crippen molar-refractivity contribution < 1.29 is 0 Å². The zero-order chi connectivity index (χ0) is 15.6. The first-order valence-corrected chi connectivity index (χ1v) is 8.37. The quantitative estimate of drug-likeness (QED) is 0.862. The van der Waals surface area contributed by atoms with E-state index in [1.54, 1.807) is 29.5 Å². The van der Waals surface area contributed by atoms with Gasteiger partial charge in [-0.15, -0.1) is 0 Å². The van der Waals surface area contributed by atoms with Crippen molar-refractivity contribution in [2.75, 3.05) is 18.0 Å². The van der Waals surface area contributed by atoms with E-state index in [0.717, 1.165) is 44.0 Å². The fourth-order valence-electron chi connectivity index (χ4n) is 3.27. The lowest BCUT2D eigenvalue weighted by Crippen LogP contribution is -2.36. The molecule has 1 saturated carbocycles. The average molecular weight is 311 g/mol. The standard InChI is InChI=1S/C17H21N5O/c23-17-9-15(14-1-2-14)20-12-22(17)10-13-4-7-21(8-5-13)16-3-6-18-11-19-16/h3,6,9,11-14H,1-2,4-5,7-8,10H2. The Morgan fingerprint density at radius 1 is 1.13 bits per heavy atom. The van der Waals surface area contributed by atoms with Crippen LogP contribution >= 0.6 is 0 Å². The summed E-state index contributed by atoms with van der Waals surface area (Å²) in [7, 11) is 0. The van der Waals surface area contributed by atoms with Crippen LogP contribution in [0.3, 0.4) is 0 Å². The number of aromatic nitrogens is 4. The average Bonchev–Trinajstić information content (AvgIpc) is 3.43. The van der Waals surface area contributed by atoms with Gasteiger partial charge in [0.25, 0.3) is 5.56 Å². The minimum atomic E-state index is 0.0973. The molecule has 2 fully saturated rings. The van der Waals surface area contributed by atoms with Crippen LogP contribution in [-0.2, 0) is 6.54 Å². The Kier molecular flexibility index (Phi) is 3.81. The summed E-state index contributed by atoms with van der Waals surface area (Å²) in [5.74, 6) is 2.05. The maximum absolute atomic E-state index is 12.2. The summed E-state index contributed by atoms with van der Waals surface area (Å²) in [5.41, 5.74) is 1.07. The zero-order valence-corrected chi connectivity index (χ0v) is 13.1. The second kappa shape index (κ2) is 6.10. The lowest BCUT2D eigenvalue weighted by Gasteiger charge is -2.32. The molecular weight excluding hydrogens is 290 g/mol. The first-order valence-electron chi connectivity index (χ1n) is 8.37. The number of nitrogens with zero attached hydrogens (tertiary/aromatic N) is 5. The Morgan fingerprint density at radius 2 is 1.96 bits per heavy atom. The first-order chi connectivity index (χ1) is 11.3. The van der Waals surface area contributed by atoms with Crippen molar-refractivity contribution >= 4 is 5.82 Å². The third kappa shape index (κ3) is 3.25. The molecule has 2 aromatic rings. The van der Waals surface area contributed by atoms with Gasteiger partial charge in [0.2, 0.25) is 0 Å². The van der Waals surface area contributed by atoms with Crippen molar-refractivity contribution in [1.29, 1.82) is 0 Å². The summed E-state index contributed by atoms with van der Waals surface area (Å²) in [6.07, 6.45) is 9.61. The van der Waals surface area contributed by atoms with E-state index in [1.165, 1.54) is 12.8 Å². The van der Waals surface area contributed by atoms with Gasteiger partial charge in [-0.1, -0.05) is 0 Å². The minimum Gasteiger partial charge on any atom is -0.357 e. The molecule has 0 radical (unpaired) electrons. The van der Waals surface area contributed by atoms with Gasteiger partial charge >= 0.3 is 0 Å². The van der Waals surface area contributed by atoms with Gasteiger partial charge in [0.05, 0.1) is 12.0 Å². The zero-order valence-electron chi connectivity index (χ0n) is 13.1. The van der Waals surface area contributed by atoms with Crippen molar-refractivity contribution in [3.8, 4) is 0 Å². The normalized spacial score (nSPS) is 19.0. The summed E-state index contributed by atoms with van der Waals surface area (Å²) in [6, 6.07) is 3.68. The molecule has 0 unspecified atom stereocenters. The summed E-state index contributed by atoms with van der Waals surface area (Å²) in [4.78, 5) is 27.2. The molecule has 2 aromatic heterocycles. The van der Waals surface area contributed by atoms with E-state index >= 15 is 0 Å². The Labute approximate surface area is 135 Å². The predicted molar refractivity (Wildman–Crippen MR) is 87.4 cm³/mol. The van der Waals surface area contributed by atoms with Gasteiger partial charge in [-0.05, 0) is 37.7 Å². The van der Waals surface area contributed by atoms with Crippen molar-refractivity contribution in [1.82, 2.24) is 19.5 Å². The van der Waals surface area contributed by atoms with Crippen molar-refractivity contribution in [2.24, 2.45) is 5.92 Å². The highest BCUT2D eigenvalue weighted by atomic mass is 16.1. The third-order valence-electron chi connectivity index (χ3n) is 4.86. The van der Waals surface area contributed by atoms with Gasteiger partial charge in [-0.25, -0.2) is 15.0 Å². The van der Waals surface area contributed by atoms with E-state index in [0.29, 0.717) is 11.8 Å². The number of piperidine rings is 1. The second-order valence-electron chi connectivity index (χ2n) is 6.58. The van der Waals surface area contributed by atoms with E-state index < -0.39 is 0 Å². The number of hydrogen-bond donors (Lipinski definition) is 0. The van der Waals surface area contributed by atoms with Crippen LogP contribution in [0, 0.1) is 5.92 Å². The molecule has 1 aliphatic carbocycles. The van der Waals surface area contributed by atoms with E-state index in [9.17, 15) is 4.79 Å². The van der Waals surface area contributed by atoms with Gasteiger partial charge in [0, 0.05) is 37.8 Å². The summed E-state index contributed by atoms with van der Waals surface area (Å²) < 4.78 is 1.77. The van der Waals surface area contributed by atoms with Crippen LogP contribution in [0.15, 0.2) is 35.8 Å². The molecule has 0 bridgehead atoms. The SMILES string of the molecule is O=c1cc(C2CC2)ncn1CC1CCN(c2ccncn2)CC1. The lowest BCUT2D eigenvalue weighted by atomic mass is 9.96. The molecule has 0 amide bonds. The molecule has 6 heteroatoms. The van der Waals surface area contributed by atoms with Gasteiger partial charge < -0.3 is 4.90 Å². The fourth-order valence-corrected chi connectivity index (χ4v) is 3.27. The predicted octanol–water partition coefficient (Wildman–Crippen LogP) is 1.83. The molecule has 6 nitrogen and oxygen atoms in total. The Hall–Kier alpha value is -2.24. The highest BCUT2D eigenvalue weighted by Crippen LogP contribution is 2.38. The molecule has 0 atom stereocenters. The number of rotatable bonds is 4. The molecule has 2 aliphatic rings. The van der Waals surface area contributed by atoms with Gasteiger partial charge in [-0.2, -0.15) is 0 Å². The van der Waals surface area contributed by atoms with E-state index in [1.807, 2.05) is 6.07 Å². The molecule has 4 rings (SSSR count). The largest absolute Gasteiger partial charge is 0.357 e. The van der Waals surface area contributed by atoms with Crippen LogP contribution in [0.5, 0.6) is 0 Å². The molecule has 0 aromatic carbocycles. The Balaban J connectivity index is 1.37. The second-order valence-corrected chi connectivity index (χ2v) is 6.58. The smallest absolute Gasteiger partial charge is 0.253 e. The molecule has 120 valence electrons. The third-order valence-corrected chi connectivity index (χ3v) is 4.86.